The standard InChI is InChI=1S/C24H31N3O4S/c1-17-7-3-4-8-19(17)22(28)26-21(23(29)25-12-6-15-31-2)18-10-13-27(14-11-18)24(30)20-9-5-16-32-20/h3-5,7-9,16,18,21H,6,10-15H2,1-2H3,(H,25,29)(H,26,28)/t21-/m0/s1. The highest BCUT2D eigenvalue weighted by atomic mass is 32.1. The molecule has 3 amide bonds. The number of methoxy groups -OCH3 is 1. The van der Waals surface area contributed by atoms with Gasteiger partial charge in [0.15, 0.2) is 0 Å². The molecule has 1 fully saturated rings. The first-order valence-corrected chi connectivity index (χ1v) is 11.8. The van der Waals surface area contributed by atoms with Crippen molar-refractivity contribution in [3.8, 4) is 0 Å². The molecule has 1 saturated heterocycles. The summed E-state index contributed by atoms with van der Waals surface area (Å²) < 4.78 is 5.04. The van der Waals surface area contributed by atoms with Crippen LogP contribution in [0.4, 0.5) is 0 Å². The fourth-order valence-electron chi connectivity index (χ4n) is 3.97. The molecule has 1 aliphatic heterocycles. The molecule has 8 heteroatoms. The van der Waals surface area contributed by atoms with E-state index < -0.39 is 6.04 Å². The lowest BCUT2D eigenvalue weighted by Gasteiger charge is -2.35. The van der Waals surface area contributed by atoms with Crippen LogP contribution in [0, 0.1) is 12.8 Å². The largest absolute Gasteiger partial charge is 0.385 e. The monoisotopic (exact) mass is 457 g/mol. The zero-order chi connectivity index (χ0) is 22.9. The number of thiophene rings is 1. The van der Waals surface area contributed by atoms with E-state index in [4.69, 9.17) is 4.74 Å². The average Bonchev–Trinajstić information content (AvgIpc) is 3.35. The zero-order valence-electron chi connectivity index (χ0n) is 18.6. The van der Waals surface area contributed by atoms with Gasteiger partial charge < -0.3 is 20.3 Å². The van der Waals surface area contributed by atoms with Crippen molar-refractivity contribution in [3.63, 3.8) is 0 Å². The summed E-state index contributed by atoms with van der Waals surface area (Å²) in [5.41, 5.74) is 1.43. The van der Waals surface area contributed by atoms with Crippen LogP contribution < -0.4 is 10.6 Å². The number of carbonyl (C=O) groups excluding carboxylic acids is 3. The lowest BCUT2D eigenvalue weighted by Crippen LogP contribution is -2.54. The van der Waals surface area contributed by atoms with Crippen molar-refractivity contribution in [1.29, 1.82) is 0 Å². The third kappa shape index (κ3) is 6.17. The van der Waals surface area contributed by atoms with E-state index in [0.29, 0.717) is 51.1 Å². The van der Waals surface area contributed by atoms with E-state index in [1.807, 2.05) is 47.5 Å². The number of nitrogens with zero attached hydrogens (tertiary/aromatic N) is 1. The minimum atomic E-state index is -0.649. The number of ether oxygens (including phenoxy) is 1. The molecule has 0 bridgehead atoms. The molecular formula is C24H31N3O4S. The van der Waals surface area contributed by atoms with Crippen LogP contribution in [-0.4, -0.2) is 62.0 Å². The smallest absolute Gasteiger partial charge is 0.263 e. The molecule has 0 spiro atoms. The van der Waals surface area contributed by atoms with Crippen LogP contribution in [0.2, 0.25) is 0 Å². The fourth-order valence-corrected chi connectivity index (χ4v) is 4.66. The van der Waals surface area contributed by atoms with Crippen molar-refractivity contribution in [3.05, 3.63) is 57.8 Å². The highest BCUT2D eigenvalue weighted by molar-refractivity contribution is 7.12. The van der Waals surface area contributed by atoms with E-state index in [1.165, 1.54) is 11.3 Å². The van der Waals surface area contributed by atoms with E-state index >= 15 is 0 Å². The van der Waals surface area contributed by atoms with Gasteiger partial charge in [-0.2, -0.15) is 0 Å². The number of aryl methyl sites for hydroxylation is 1. The number of likely N-dealkylation sites (tertiary alicyclic amines) is 1. The lowest BCUT2D eigenvalue weighted by molar-refractivity contribution is -0.124. The number of rotatable bonds is 9. The summed E-state index contributed by atoms with van der Waals surface area (Å²) in [7, 11) is 1.62. The van der Waals surface area contributed by atoms with Crippen LogP contribution in [0.3, 0.4) is 0 Å². The van der Waals surface area contributed by atoms with Crippen LogP contribution in [0.1, 0.15) is 44.9 Å². The Morgan fingerprint density at radius 2 is 1.91 bits per heavy atom. The van der Waals surface area contributed by atoms with Gasteiger partial charge in [-0.1, -0.05) is 24.3 Å². The van der Waals surface area contributed by atoms with Gasteiger partial charge >= 0.3 is 0 Å². The normalized spacial score (nSPS) is 15.2. The van der Waals surface area contributed by atoms with Gasteiger partial charge in [-0.3, -0.25) is 14.4 Å². The van der Waals surface area contributed by atoms with Gasteiger partial charge in [0.25, 0.3) is 11.8 Å². The van der Waals surface area contributed by atoms with Gasteiger partial charge in [0.1, 0.15) is 6.04 Å². The molecule has 3 rings (SSSR count). The first-order valence-electron chi connectivity index (χ1n) is 11.0. The summed E-state index contributed by atoms with van der Waals surface area (Å²) in [6.45, 7) is 4.05. The molecule has 2 aromatic rings. The Kier molecular flexibility index (Phi) is 8.81. The van der Waals surface area contributed by atoms with Gasteiger partial charge in [-0.05, 0) is 55.2 Å². The minimum Gasteiger partial charge on any atom is -0.385 e. The first-order chi connectivity index (χ1) is 15.5. The Morgan fingerprint density at radius 3 is 2.56 bits per heavy atom. The highest BCUT2D eigenvalue weighted by Gasteiger charge is 2.34. The maximum Gasteiger partial charge on any atom is 0.263 e. The first kappa shape index (κ1) is 23.9. The lowest BCUT2D eigenvalue weighted by atomic mass is 9.88. The van der Waals surface area contributed by atoms with E-state index in [0.717, 1.165) is 10.4 Å². The quantitative estimate of drug-likeness (QED) is 0.567. The number of carbonyl (C=O) groups is 3. The molecule has 2 N–H and O–H groups in total. The van der Waals surface area contributed by atoms with E-state index in [1.54, 1.807) is 13.2 Å². The molecule has 1 aromatic heterocycles. The Hall–Kier alpha value is -2.71. The summed E-state index contributed by atoms with van der Waals surface area (Å²) in [5.74, 6) is -0.455. The Labute approximate surface area is 193 Å². The van der Waals surface area contributed by atoms with Crippen LogP contribution >= 0.6 is 11.3 Å². The number of amides is 3. The summed E-state index contributed by atoms with van der Waals surface area (Å²) in [4.78, 5) is 41.2. The molecule has 32 heavy (non-hydrogen) atoms. The van der Waals surface area contributed by atoms with Gasteiger partial charge in [0.05, 0.1) is 4.88 Å². The number of nitrogens with one attached hydrogen (secondary N) is 2. The Balaban J connectivity index is 1.66. The third-order valence-electron chi connectivity index (χ3n) is 5.81. The second-order valence-corrected chi connectivity index (χ2v) is 8.96. The van der Waals surface area contributed by atoms with Crippen LogP contribution in [0.15, 0.2) is 41.8 Å². The zero-order valence-corrected chi connectivity index (χ0v) is 19.5. The number of benzene rings is 1. The van der Waals surface area contributed by atoms with Crippen molar-refractivity contribution >= 4 is 29.1 Å². The molecule has 0 saturated carbocycles. The average molecular weight is 458 g/mol. The number of hydrogen-bond donors (Lipinski definition) is 2. The van der Waals surface area contributed by atoms with Crippen LogP contribution in [0.25, 0.3) is 0 Å². The van der Waals surface area contributed by atoms with Gasteiger partial charge in [-0.15, -0.1) is 11.3 Å². The van der Waals surface area contributed by atoms with Gasteiger partial charge in [0.2, 0.25) is 5.91 Å². The summed E-state index contributed by atoms with van der Waals surface area (Å²) in [6, 6.07) is 10.4. The maximum absolute atomic E-state index is 13.0. The second kappa shape index (κ2) is 11.8. The highest BCUT2D eigenvalue weighted by Crippen LogP contribution is 2.24. The molecule has 7 nitrogen and oxygen atoms in total. The van der Waals surface area contributed by atoms with Crippen LogP contribution in [-0.2, 0) is 9.53 Å². The number of piperidine rings is 1. The predicted molar refractivity (Wildman–Crippen MR) is 125 cm³/mol. The maximum atomic E-state index is 13.0. The molecule has 0 unspecified atom stereocenters. The summed E-state index contributed by atoms with van der Waals surface area (Å²) in [5, 5.41) is 7.80. The van der Waals surface area contributed by atoms with Crippen molar-refractivity contribution in [1.82, 2.24) is 15.5 Å². The second-order valence-electron chi connectivity index (χ2n) is 8.01. The Bertz CT molecular complexity index is 908. The minimum absolute atomic E-state index is 0.0305. The van der Waals surface area contributed by atoms with E-state index in [2.05, 4.69) is 10.6 Å². The Morgan fingerprint density at radius 1 is 1.16 bits per heavy atom. The van der Waals surface area contributed by atoms with Crippen molar-refractivity contribution in [2.24, 2.45) is 5.92 Å². The molecule has 172 valence electrons. The van der Waals surface area contributed by atoms with Crippen molar-refractivity contribution in [2.45, 2.75) is 32.2 Å². The topological polar surface area (TPSA) is 87.7 Å². The van der Waals surface area contributed by atoms with Gasteiger partial charge in [0, 0.05) is 38.9 Å². The molecule has 1 aromatic carbocycles. The molecule has 1 atom stereocenters. The van der Waals surface area contributed by atoms with Crippen molar-refractivity contribution < 1.29 is 19.1 Å². The van der Waals surface area contributed by atoms with Crippen LogP contribution in [0.5, 0.6) is 0 Å². The van der Waals surface area contributed by atoms with E-state index in [-0.39, 0.29) is 23.6 Å². The van der Waals surface area contributed by atoms with E-state index in [9.17, 15) is 14.4 Å². The third-order valence-corrected chi connectivity index (χ3v) is 6.67. The number of hydrogen-bond acceptors (Lipinski definition) is 5. The molecule has 2 heterocycles. The fraction of sp³-hybridized carbons (Fsp3) is 0.458. The molecule has 0 radical (unpaired) electrons. The van der Waals surface area contributed by atoms with Crippen molar-refractivity contribution in [2.75, 3.05) is 33.4 Å². The SMILES string of the molecule is COCCCNC(=O)[C@@H](NC(=O)c1ccccc1C)C1CCN(C(=O)c2cccs2)CC1. The summed E-state index contributed by atoms with van der Waals surface area (Å²) in [6.07, 6.45) is 2.01. The molecule has 0 aliphatic carbocycles. The molecule has 1 aliphatic rings. The summed E-state index contributed by atoms with van der Waals surface area (Å²) >= 11 is 1.43. The molecular weight excluding hydrogens is 426 g/mol. The van der Waals surface area contributed by atoms with Gasteiger partial charge in [-0.25, -0.2) is 0 Å². The predicted octanol–water partition coefficient (Wildman–Crippen LogP) is 2.86.